The molecule has 0 spiro atoms. The van der Waals surface area contributed by atoms with Crippen molar-refractivity contribution in [3.8, 4) is 6.07 Å². The van der Waals surface area contributed by atoms with Gasteiger partial charge in [-0.1, -0.05) is 34.8 Å². The van der Waals surface area contributed by atoms with E-state index in [2.05, 4.69) is 0 Å². The molecule has 1 aromatic rings. The number of carbonyl (C=O) groups is 1. The Morgan fingerprint density at radius 1 is 1.36 bits per heavy atom. The van der Waals surface area contributed by atoms with Crippen molar-refractivity contribution in [2.45, 2.75) is 0 Å². The lowest BCUT2D eigenvalue weighted by Crippen LogP contribution is -2.00. The second kappa shape index (κ2) is 4.05. The zero-order chi connectivity index (χ0) is 10.9. The second-order valence-electron chi connectivity index (χ2n) is 2.32. The molecule has 1 rings (SSSR count). The number of halogens is 3. The molecule has 0 saturated heterocycles. The number of nitriles is 1. The van der Waals surface area contributed by atoms with E-state index in [1.165, 1.54) is 6.07 Å². The monoisotopic (exact) mass is 249 g/mol. The largest absolute Gasteiger partial charge is 0.478 e. The Kier molecular flexibility index (Phi) is 3.22. The van der Waals surface area contributed by atoms with E-state index in [9.17, 15) is 4.79 Å². The topological polar surface area (TPSA) is 61.1 Å². The van der Waals surface area contributed by atoms with Crippen LogP contribution in [0.15, 0.2) is 6.07 Å². The van der Waals surface area contributed by atoms with E-state index in [4.69, 9.17) is 45.2 Å². The molecule has 0 fully saturated rings. The van der Waals surface area contributed by atoms with Crippen molar-refractivity contribution >= 4 is 40.8 Å². The molecule has 0 aliphatic heterocycles. The van der Waals surface area contributed by atoms with Crippen LogP contribution in [0.2, 0.25) is 15.1 Å². The van der Waals surface area contributed by atoms with Gasteiger partial charge in [0.15, 0.2) is 0 Å². The van der Waals surface area contributed by atoms with Crippen LogP contribution >= 0.6 is 34.8 Å². The number of carboxylic acids is 1. The number of nitrogens with zero attached hydrogens (tertiary/aromatic N) is 1. The number of hydrogen-bond donors (Lipinski definition) is 1. The Balaban J connectivity index is 3.62. The van der Waals surface area contributed by atoms with Crippen molar-refractivity contribution < 1.29 is 9.90 Å². The summed E-state index contributed by atoms with van der Waals surface area (Å²) in [5.41, 5.74) is -0.399. The maximum atomic E-state index is 10.7. The summed E-state index contributed by atoms with van der Waals surface area (Å²) < 4.78 is 0. The van der Waals surface area contributed by atoms with Crippen molar-refractivity contribution in [3.63, 3.8) is 0 Å². The molecule has 0 aromatic heterocycles. The van der Waals surface area contributed by atoms with Crippen LogP contribution in [0.25, 0.3) is 0 Å². The van der Waals surface area contributed by atoms with Gasteiger partial charge in [-0.25, -0.2) is 4.79 Å². The number of rotatable bonds is 1. The molecule has 0 radical (unpaired) electrons. The van der Waals surface area contributed by atoms with E-state index in [1.807, 2.05) is 0 Å². The molecule has 1 N–H and O–H groups in total. The molecule has 0 aliphatic carbocycles. The standard InChI is InChI=1S/C8H2Cl3NO2/c9-4-1-5(10)6(8(13)14)7(11)3(4)2-12/h1H,(H,13,14). The first-order valence-electron chi connectivity index (χ1n) is 3.30. The third kappa shape index (κ3) is 1.78. The molecule has 3 nitrogen and oxygen atoms in total. The van der Waals surface area contributed by atoms with Gasteiger partial charge in [0.25, 0.3) is 0 Å². The van der Waals surface area contributed by atoms with Crippen LogP contribution in [0.1, 0.15) is 15.9 Å². The second-order valence-corrected chi connectivity index (χ2v) is 3.51. The number of hydrogen-bond acceptors (Lipinski definition) is 2. The first kappa shape index (κ1) is 11.1. The summed E-state index contributed by atoms with van der Waals surface area (Å²) in [5.74, 6) is -1.30. The Labute approximate surface area is 94.4 Å². The Morgan fingerprint density at radius 3 is 2.36 bits per heavy atom. The van der Waals surface area contributed by atoms with Gasteiger partial charge in [-0.15, -0.1) is 0 Å². The van der Waals surface area contributed by atoms with Crippen LogP contribution in [0, 0.1) is 11.3 Å². The summed E-state index contributed by atoms with van der Waals surface area (Å²) in [6, 6.07) is 2.88. The highest BCUT2D eigenvalue weighted by molar-refractivity contribution is 6.43. The lowest BCUT2D eigenvalue weighted by Gasteiger charge is -2.04. The Bertz CT molecular complexity index is 451. The van der Waals surface area contributed by atoms with E-state index in [0.29, 0.717) is 0 Å². The smallest absolute Gasteiger partial charge is 0.338 e. The summed E-state index contributed by atoms with van der Waals surface area (Å²) in [5, 5.41) is 17.1. The van der Waals surface area contributed by atoms with E-state index >= 15 is 0 Å². The summed E-state index contributed by atoms with van der Waals surface area (Å²) in [6.07, 6.45) is 0. The average Bonchev–Trinajstić information content (AvgIpc) is 2.02. The van der Waals surface area contributed by atoms with Gasteiger partial charge >= 0.3 is 5.97 Å². The van der Waals surface area contributed by atoms with Crippen LogP contribution < -0.4 is 0 Å². The van der Waals surface area contributed by atoms with Gasteiger partial charge in [-0.2, -0.15) is 5.26 Å². The molecule has 0 unspecified atom stereocenters. The van der Waals surface area contributed by atoms with Crippen molar-refractivity contribution in [2.24, 2.45) is 0 Å². The zero-order valence-corrected chi connectivity index (χ0v) is 8.78. The quantitative estimate of drug-likeness (QED) is 0.832. The minimum Gasteiger partial charge on any atom is -0.478 e. The minimum absolute atomic E-state index is 0.0347. The van der Waals surface area contributed by atoms with Gasteiger partial charge < -0.3 is 5.11 Å². The fourth-order valence-electron chi connectivity index (χ4n) is 0.889. The summed E-state index contributed by atoms with van der Waals surface area (Å²) in [4.78, 5) is 10.7. The van der Waals surface area contributed by atoms with Gasteiger partial charge in [-0.3, -0.25) is 0 Å². The van der Waals surface area contributed by atoms with E-state index in [0.717, 1.165) is 0 Å². The van der Waals surface area contributed by atoms with Crippen molar-refractivity contribution in [3.05, 3.63) is 32.3 Å². The predicted octanol–water partition coefficient (Wildman–Crippen LogP) is 3.22. The fraction of sp³-hybridized carbons (Fsp3) is 0. The third-order valence-corrected chi connectivity index (χ3v) is 2.47. The SMILES string of the molecule is N#Cc1c(Cl)cc(Cl)c(C(=O)O)c1Cl. The zero-order valence-electron chi connectivity index (χ0n) is 6.51. The van der Waals surface area contributed by atoms with Crippen molar-refractivity contribution in [2.75, 3.05) is 0 Å². The Morgan fingerprint density at radius 2 is 1.93 bits per heavy atom. The third-order valence-electron chi connectivity index (χ3n) is 1.50. The van der Waals surface area contributed by atoms with Gasteiger partial charge in [-0.05, 0) is 6.07 Å². The van der Waals surface area contributed by atoms with E-state index in [1.54, 1.807) is 6.07 Å². The van der Waals surface area contributed by atoms with Gasteiger partial charge in [0, 0.05) is 0 Å². The molecular weight excluding hydrogens is 248 g/mol. The highest BCUT2D eigenvalue weighted by Crippen LogP contribution is 2.33. The molecule has 6 heteroatoms. The van der Waals surface area contributed by atoms with Crippen LogP contribution in [0.3, 0.4) is 0 Å². The molecule has 0 heterocycles. The molecule has 0 bridgehead atoms. The van der Waals surface area contributed by atoms with Crippen molar-refractivity contribution in [1.82, 2.24) is 0 Å². The van der Waals surface area contributed by atoms with Crippen LogP contribution in [-0.2, 0) is 0 Å². The molecular formula is C8H2Cl3NO2. The lowest BCUT2D eigenvalue weighted by atomic mass is 10.1. The number of carboxylic acid groups (broad SMARTS) is 1. The predicted molar refractivity (Wildman–Crippen MR) is 53.1 cm³/mol. The summed E-state index contributed by atoms with van der Waals surface area (Å²) >= 11 is 16.9. The van der Waals surface area contributed by atoms with Crippen LogP contribution in [0.4, 0.5) is 0 Å². The van der Waals surface area contributed by atoms with Crippen LogP contribution in [-0.4, -0.2) is 11.1 Å². The van der Waals surface area contributed by atoms with Gasteiger partial charge in [0.2, 0.25) is 0 Å². The average molecular weight is 250 g/mol. The molecule has 0 amide bonds. The molecule has 14 heavy (non-hydrogen) atoms. The van der Waals surface area contributed by atoms with Gasteiger partial charge in [0.1, 0.15) is 6.07 Å². The van der Waals surface area contributed by atoms with E-state index in [-0.39, 0.29) is 26.2 Å². The highest BCUT2D eigenvalue weighted by atomic mass is 35.5. The normalized spacial score (nSPS) is 9.57. The molecule has 0 aliphatic rings. The number of benzene rings is 1. The van der Waals surface area contributed by atoms with Crippen molar-refractivity contribution in [1.29, 1.82) is 5.26 Å². The highest BCUT2D eigenvalue weighted by Gasteiger charge is 2.19. The van der Waals surface area contributed by atoms with Gasteiger partial charge in [0.05, 0.1) is 26.2 Å². The number of aromatic carboxylic acids is 1. The molecule has 72 valence electrons. The molecule has 1 aromatic carbocycles. The summed E-state index contributed by atoms with van der Waals surface area (Å²) in [6.45, 7) is 0. The first-order chi connectivity index (χ1) is 6.49. The maximum Gasteiger partial charge on any atom is 0.338 e. The summed E-state index contributed by atoms with van der Waals surface area (Å²) in [7, 11) is 0. The molecule has 0 saturated carbocycles. The molecule has 0 atom stereocenters. The Hall–Kier alpha value is -0.950. The van der Waals surface area contributed by atoms with Crippen LogP contribution in [0.5, 0.6) is 0 Å². The minimum atomic E-state index is -1.30. The fourth-order valence-corrected chi connectivity index (χ4v) is 1.90. The maximum absolute atomic E-state index is 10.7. The first-order valence-corrected chi connectivity index (χ1v) is 4.43. The van der Waals surface area contributed by atoms with E-state index < -0.39 is 5.97 Å². The lowest BCUT2D eigenvalue weighted by molar-refractivity contribution is 0.0697.